The lowest BCUT2D eigenvalue weighted by atomic mass is 9.81. The minimum absolute atomic E-state index is 0.319. The summed E-state index contributed by atoms with van der Waals surface area (Å²) in [4.78, 5) is 0. The Kier molecular flexibility index (Phi) is 5.24. The first-order valence-electron chi connectivity index (χ1n) is 6.48. The van der Waals surface area contributed by atoms with E-state index in [2.05, 4.69) is 31.9 Å². The summed E-state index contributed by atoms with van der Waals surface area (Å²) >= 11 is 6.96. The largest absolute Gasteiger partial charge is 0.391 e. The Morgan fingerprint density at radius 2 is 1.83 bits per heavy atom. The van der Waals surface area contributed by atoms with Crippen molar-refractivity contribution in [2.45, 2.75) is 44.2 Å². The van der Waals surface area contributed by atoms with Crippen molar-refractivity contribution in [3.8, 4) is 0 Å². The predicted octanol–water partition coefficient (Wildman–Crippen LogP) is 4.15. The highest BCUT2D eigenvalue weighted by molar-refractivity contribution is 9.11. The maximum atomic E-state index is 10.5. The first-order valence-corrected chi connectivity index (χ1v) is 8.07. The second kappa shape index (κ2) is 6.51. The number of rotatable bonds is 3. The van der Waals surface area contributed by atoms with Gasteiger partial charge in [0, 0.05) is 8.95 Å². The molecule has 0 heterocycles. The third-order valence-corrected chi connectivity index (χ3v) is 5.03. The van der Waals surface area contributed by atoms with Gasteiger partial charge in [-0.15, -0.1) is 0 Å². The van der Waals surface area contributed by atoms with Gasteiger partial charge in [0.1, 0.15) is 0 Å². The molecule has 0 radical (unpaired) electrons. The van der Waals surface area contributed by atoms with E-state index in [-0.39, 0.29) is 6.04 Å². The molecule has 4 heteroatoms. The van der Waals surface area contributed by atoms with E-state index in [4.69, 9.17) is 5.73 Å². The minimum atomic E-state index is -0.448. The molecule has 0 amide bonds. The third kappa shape index (κ3) is 3.35. The van der Waals surface area contributed by atoms with E-state index in [0.29, 0.717) is 5.92 Å². The number of benzene rings is 1. The van der Waals surface area contributed by atoms with Crippen LogP contribution in [-0.2, 0) is 0 Å². The summed E-state index contributed by atoms with van der Waals surface area (Å²) < 4.78 is 1.96. The quantitative estimate of drug-likeness (QED) is 0.832. The molecule has 0 saturated heterocycles. The molecular formula is C14H19Br2NO. The highest BCUT2D eigenvalue weighted by atomic mass is 79.9. The van der Waals surface area contributed by atoms with Gasteiger partial charge in [-0.25, -0.2) is 0 Å². The molecule has 1 fully saturated rings. The lowest BCUT2D eigenvalue weighted by Crippen LogP contribution is -2.34. The standard InChI is InChI=1S/C14H19Br2NO/c15-10-6-7-12(16)11(8-10)13(17)14(18)9-4-2-1-3-5-9/h6-9,13-14,18H,1-5,17H2/t13-,14+/m1/s1. The van der Waals surface area contributed by atoms with E-state index in [1.54, 1.807) is 0 Å². The number of nitrogens with two attached hydrogens (primary N) is 1. The van der Waals surface area contributed by atoms with Gasteiger partial charge in [0.05, 0.1) is 12.1 Å². The zero-order chi connectivity index (χ0) is 13.1. The van der Waals surface area contributed by atoms with Crippen molar-refractivity contribution in [3.63, 3.8) is 0 Å². The highest BCUT2D eigenvalue weighted by Gasteiger charge is 2.28. The van der Waals surface area contributed by atoms with Crippen LogP contribution < -0.4 is 5.73 Å². The Bertz CT molecular complexity index is 405. The van der Waals surface area contributed by atoms with Gasteiger partial charge in [-0.3, -0.25) is 0 Å². The van der Waals surface area contributed by atoms with Crippen LogP contribution in [-0.4, -0.2) is 11.2 Å². The van der Waals surface area contributed by atoms with Crippen molar-refractivity contribution < 1.29 is 5.11 Å². The fraction of sp³-hybridized carbons (Fsp3) is 0.571. The predicted molar refractivity (Wildman–Crippen MR) is 81.4 cm³/mol. The molecule has 1 aliphatic rings. The summed E-state index contributed by atoms with van der Waals surface area (Å²) in [6, 6.07) is 5.60. The second-order valence-corrected chi connectivity index (χ2v) is 6.85. The van der Waals surface area contributed by atoms with Crippen molar-refractivity contribution in [1.29, 1.82) is 0 Å². The molecule has 0 bridgehead atoms. The van der Waals surface area contributed by atoms with E-state index >= 15 is 0 Å². The van der Waals surface area contributed by atoms with Gasteiger partial charge >= 0.3 is 0 Å². The van der Waals surface area contributed by atoms with Crippen LogP contribution in [0.4, 0.5) is 0 Å². The average molecular weight is 377 g/mol. The maximum absolute atomic E-state index is 10.5. The zero-order valence-electron chi connectivity index (χ0n) is 10.3. The number of aliphatic hydroxyl groups is 1. The molecule has 0 unspecified atom stereocenters. The minimum Gasteiger partial charge on any atom is -0.391 e. The molecule has 1 aromatic rings. The maximum Gasteiger partial charge on any atom is 0.0761 e. The first-order chi connectivity index (χ1) is 8.59. The molecule has 18 heavy (non-hydrogen) atoms. The summed E-state index contributed by atoms with van der Waals surface area (Å²) in [7, 11) is 0. The number of aliphatic hydroxyl groups excluding tert-OH is 1. The van der Waals surface area contributed by atoms with Gasteiger partial charge in [-0.2, -0.15) is 0 Å². The summed E-state index contributed by atoms with van der Waals surface area (Å²) in [6.45, 7) is 0. The number of halogens is 2. The van der Waals surface area contributed by atoms with Gasteiger partial charge in [0.15, 0.2) is 0 Å². The molecule has 1 aromatic carbocycles. The molecule has 3 N–H and O–H groups in total. The van der Waals surface area contributed by atoms with E-state index < -0.39 is 6.10 Å². The number of hydrogen-bond donors (Lipinski definition) is 2. The van der Waals surface area contributed by atoms with Crippen LogP contribution in [0, 0.1) is 5.92 Å². The summed E-state index contributed by atoms with van der Waals surface area (Å²) in [5.74, 6) is 0.347. The van der Waals surface area contributed by atoms with Crippen LogP contribution in [0.25, 0.3) is 0 Å². The van der Waals surface area contributed by atoms with Crippen molar-refractivity contribution in [2.75, 3.05) is 0 Å². The molecular weight excluding hydrogens is 358 g/mol. The zero-order valence-corrected chi connectivity index (χ0v) is 13.5. The van der Waals surface area contributed by atoms with Gasteiger partial charge < -0.3 is 10.8 Å². The normalized spacial score (nSPS) is 20.7. The van der Waals surface area contributed by atoms with E-state index in [1.807, 2.05) is 18.2 Å². The fourth-order valence-corrected chi connectivity index (χ4v) is 3.61. The molecule has 0 aromatic heterocycles. The SMILES string of the molecule is N[C@H](c1cc(Br)ccc1Br)[C@@H](O)C1CCCCC1. The van der Waals surface area contributed by atoms with Crippen LogP contribution in [0.3, 0.4) is 0 Å². The van der Waals surface area contributed by atoms with E-state index in [1.165, 1.54) is 19.3 Å². The van der Waals surface area contributed by atoms with E-state index in [9.17, 15) is 5.11 Å². The van der Waals surface area contributed by atoms with Gasteiger partial charge in [-0.1, -0.05) is 51.1 Å². The Morgan fingerprint density at radius 3 is 2.50 bits per heavy atom. The van der Waals surface area contributed by atoms with Crippen molar-refractivity contribution in [3.05, 3.63) is 32.7 Å². The van der Waals surface area contributed by atoms with Gasteiger partial charge in [0.25, 0.3) is 0 Å². The third-order valence-electron chi connectivity index (χ3n) is 3.82. The molecule has 2 nitrogen and oxygen atoms in total. The van der Waals surface area contributed by atoms with E-state index in [0.717, 1.165) is 27.4 Å². The van der Waals surface area contributed by atoms with Crippen molar-refractivity contribution >= 4 is 31.9 Å². The molecule has 1 saturated carbocycles. The lowest BCUT2D eigenvalue weighted by molar-refractivity contribution is 0.0616. The van der Waals surface area contributed by atoms with Crippen LogP contribution in [0.1, 0.15) is 43.7 Å². The Morgan fingerprint density at radius 1 is 1.17 bits per heavy atom. The second-order valence-electron chi connectivity index (χ2n) is 5.08. The average Bonchev–Trinajstić information content (AvgIpc) is 2.41. The molecule has 2 rings (SSSR count). The van der Waals surface area contributed by atoms with Gasteiger partial charge in [0.2, 0.25) is 0 Å². The van der Waals surface area contributed by atoms with Crippen LogP contribution in [0.5, 0.6) is 0 Å². The smallest absolute Gasteiger partial charge is 0.0761 e. The van der Waals surface area contributed by atoms with Crippen LogP contribution in [0.15, 0.2) is 27.1 Å². The monoisotopic (exact) mass is 375 g/mol. The van der Waals surface area contributed by atoms with Crippen molar-refractivity contribution in [1.82, 2.24) is 0 Å². The summed E-state index contributed by atoms with van der Waals surface area (Å²) in [6.07, 6.45) is 5.47. The molecule has 2 atom stereocenters. The first kappa shape index (κ1) is 14.5. The molecule has 0 aliphatic heterocycles. The topological polar surface area (TPSA) is 46.2 Å². The summed E-state index contributed by atoms with van der Waals surface area (Å²) in [5, 5.41) is 10.5. The Labute approximate surface area is 125 Å². The number of hydrogen-bond acceptors (Lipinski definition) is 2. The van der Waals surface area contributed by atoms with Crippen LogP contribution >= 0.6 is 31.9 Å². The molecule has 1 aliphatic carbocycles. The van der Waals surface area contributed by atoms with Crippen molar-refractivity contribution in [2.24, 2.45) is 11.7 Å². The van der Waals surface area contributed by atoms with Gasteiger partial charge in [-0.05, 0) is 42.5 Å². The Hall–Kier alpha value is 0.1000. The Balaban J connectivity index is 2.13. The lowest BCUT2D eigenvalue weighted by Gasteiger charge is -2.31. The fourth-order valence-electron chi connectivity index (χ4n) is 2.72. The molecule has 0 spiro atoms. The summed E-state index contributed by atoms with van der Waals surface area (Å²) in [5.41, 5.74) is 7.21. The van der Waals surface area contributed by atoms with Crippen LogP contribution in [0.2, 0.25) is 0 Å². The highest BCUT2D eigenvalue weighted by Crippen LogP contribution is 2.34. The molecule has 100 valence electrons.